The average Bonchev–Trinajstić information content (AvgIpc) is 2.98. The lowest BCUT2D eigenvalue weighted by Crippen LogP contribution is -2.31. The molecular formula is C15H19N3O2. The van der Waals surface area contributed by atoms with Crippen molar-refractivity contribution in [2.24, 2.45) is 11.8 Å². The van der Waals surface area contributed by atoms with Gasteiger partial charge in [-0.15, -0.1) is 0 Å². The smallest absolute Gasteiger partial charge is 0.253 e. The molecule has 0 unspecified atom stereocenters. The van der Waals surface area contributed by atoms with Gasteiger partial charge in [-0.1, -0.05) is 0 Å². The van der Waals surface area contributed by atoms with Gasteiger partial charge in [-0.3, -0.25) is 9.59 Å². The van der Waals surface area contributed by atoms with Crippen LogP contribution in [-0.2, 0) is 4.79 Å². The van der Waals surface area contributed by atoms with E-state index in [1.807, 2.05) is 4.90 Å². The van der Waals surface area contributed by atoms with Crippen molar-refractivity contribution in [3.8, 4) is 0 Å². The zero-order chi connectivity index (χ0) is 14.1. The van der Waals surface area contributed by atoms with Crippen LogP contribution in [0, 0.1) is 11.8 Å². The van der Waals surface area contributed by atoms with Gasteiger partial charge in [0.2, 0.25) is 5.91 Å². The molecule has 1 aromatic carbocycles. The van der Waals surface area contributed by atoms with Crippen molar-refractivity contribution in [2.45, 2.75) is 6.92 Å². The average molecular weight is 273 g/mol. The molecule has 0 aliphatic carbocycles. The third-order valence-corrected chi connectivity index (χ3v) is 4.13. The van der Waals surface area contributed by atoms with Crippen LogP contribution in [0.2, 0.25) is 0 Å². The number of fused-ring (bicyclic) bond motifs is 1. The maximum Gasteiger partial charge on any atom is 0.253 e. The number of benzene rings is 1. The van der Waals surface area contributed by atoms with Crippen LogP contribution >= 0.6 is 0 Å². The van der Waals surface area contributed by atoms with Crippen molar-refractivity contribution in [1.82, 2.24) is 10.2 Å². The normalized spacial score (nSPS) is 24.6. The Morgan fingerprint density at radius 1 is 1.15 bits per heavy atom. The number of amides is 2. The van der Waals surface area contributed by atoms with Gasteiger partial charge in [0.25, 0.3) is 5.91 Å². The predicted octanol–water partition coefficient (Wildman–Crippen LogP) is 0.936. The molecule has 106 valence electrons. The number of hydrogen-bond donors (Lipinski definition) is 2. The van der Waals surface area contributed by atoms with Crippen LogP contribution in [0.4, 0.5) is 5.69 Å². The lowest BCUT2D eigenvalue weighted by molar-refractivity contribution is -0.114. The Balaban J connectivity index is 1.67. The lowest BCUT2D eigenvalue weighted by Gasteiger charge is -2.17. The second-order valence-corrected chi connectivity index (χ2v) is 5.65. The molecule has 0 spiro atoms. The topological polar surface area (TPSA) is 61.4 Å². The molecule has 2 aliphatic rings. The van der Waals surface area contributed by atoms with Crippen molar-refractivity contribution in [1.29, 1.82) is 0 Å². The van der Waals surface area contributed by atoms with Crippen LogP contribution < -0.4 is 10.6 Å². The molecule has 5 heteroatoms. The van der Waals surface area contributed by atoms with E-state index in [0.717, 1.165) is 31.9 Å². The minimum atomic E-state index is -0.107. The largest absolute Gasteiger partial charge is 0.338 e. The molecule has 2 aliphatic heterocycles. The van der Waals surface area contributed by atoms with Gasteiger partial charge in [-0.25, -0.2) is 0 Å². The second kappa shape index (κ2) is 5.25. The Labute approximate surface area is 118 Å². The summed E-state index contributed by atoms with van der Waals surface area (Å²) in [6, 6.07) is 7.10. The molecule has 0 aromatic heterocycles. The van der Waals surface area contributed by atoms with Crippen LogP contribution in [-0.4, -0.2) is 42.9 Å². The zero-order valence-corrected chi connectivity index (χ0v) is 11.6. The molecule has 2 fully saturated rings. The highest BCUT2D eigenvalue weighted by atomic mass is 16.2. The first-order chi connectivity index (χ1) is 9.63. The Morgan fingerprint density at radius 2 is 1.75 bits per heavy atom. The van der Waals surface area contributed by atoms with E-state index in [4.69, 9.17) is 0 Å². The molecule has 5 nitrogen and oxygen atoms in total. The van der Waals surface area contributed by atoms with Crippen molar-refractivity contribution < 1.29 is 9.59 Å². The summed E-state index contributed by atoms with van der Waals surface area (Å²) in [4.78, 5) is 25.3. The summed E-state index contributed by atoms with van der Waals surface area (Å²) in [6.07, 6.45) is 0. The number of anilines is 1. The first-order valence-electron chi connectivity index (χ1n) is 7.01. The maximum absolute atomic E-state index is 12.4. The summed E-state index contributed by atoms with van der Waals surface area (Å²) in [5.74, 6) is 1.20. The number of likely N-dealkylation sites (tertiary alicyclic amines) is 1. The minimum absolute atomic E-state index is 0.0915. The van der Waals surface area contributed by atoms with Crippen LogP contribution in [0.1, 0.15) is 17.3 Å². The Morgan fingerprint density at radius 3 is 2.30 bits per heavy atom. The highest BCUT2D eigenvalue weighted by Crippen LogP contribution is 2.27. The van der Waals surface area contributed by atoms with E-state index >= 15 is 0 Å². The summed E-state index contributed by atoms with van der Waals surface area (Å²) in [5.41, 5.74) is 1.41. The lowest BCUT2D eigenvalue weighted by atomic mass is 10.0. The van der Waals surface area contributed by atoms with E-state index in [1.165, 1.54) is 6.92 Å². The van der Waals surface area contributed by atoms with Gasteiger partial charge >= 0.3 is 0 Å². The Hall–Kier alpha value is -1.88. The van der Waals surface area contributed by atoms with Gasteiger partial charge < -0.3 is 15.5 Å². The van der Waals surface area contributed by atoms with Crippen LogP contribution in [0.3, 0.4) is 0 Å². The maximum atomic E-state index is 12.4. The molecule has 2 saturated heterocycles. The van der Waals surface area contributed by atoms with Crippen LogP contribution in [0.25, 0.3) is 0 Å². The van der Waals surface area contributed by atoms with E-state index in [0.29, 0.717) is 17.4 Å². The predicted molar refractivity (Wildman–Crippen MR) is 76.5 cm³/mol. The van der Waals surface area contributed by atoms with Crippen molar-refractivity contribution >= 4 is 17.5 Å². The van der Waals surface area contributed by atoms with Crippen molar-refractivity contribution in [3.05, 3.63) is 29.8 Å². The van der Waals surface area contributed by atoms with Crippen LogP contribution in [0.5, 0.6) is 0 Å². The Bertz CT molecular complexity index is 514. The molecule has 3 rings (SSSR count). The number of carbonyl (C=O) groups is 2. The van der Waals surface area contributed by atoms with E-state index in [9.17, 15) is 9.59 Å². The molecule has 0 radical (unpaired) electrons. The standard InChI is InChI=1S/C15H19N3O2/c1-10(19)17-14-4-2-11(3-5-14)15(20)18-8-12-6-16-7-13(12)9-18/h2-5,12-13,16H,6-9H2,1H3,(H,17,19)/t12-,13+. The minimum Gasteiger partial charge on any atom is -0.338 e. The number of nitrogens with zero attached hydrogens (tertiary/aromatic N) is 1. The first kappa shape index (κ1) is 13.1. The van der Waals surface area contributed by atoms with Gasteiger partial charge in [0.1, 0.15) is 0 Å². The summed E-state index contributed by atoms with van der Waals surface area (Å²) in [7, 11) is 0. The summed E-state index contributed by atoms with van der Waals surface area (Å²) < 4.78 is 0. The third-order valence-electron chi connectivity index (χ3n) is 4.13. The SMILES string of the molecule is CC(=O)Nc1ccc(C(=O)N2C[C@H]3CNC[C@H]3C2)cc1. The molecule has 20 heavy (non-hydrogen) atoms. The van der Waals surface area contributed by atoms with E-state index in [2.05, 4.69) is 10.6 Å². The molecule has 0 saturated carbocycles. The fourth-order valence-electron chi connectivity index (χ4n) is 3.10. The second-order valence-electron chi connectivity index (χ2n) is 5.65. The highest BCUT2D eigenvalue weighted by molar-refractivity contribution is 5.95. The molecule has 0 bridgehead atoms. The third kappa shape index (κ3) is 2.54. The quantitative estimate of drug-likeness (QED) is 0.843. The van der Waals surface area contributed by atoms with Crippen molar-refractivity contribution in [2.75, 3.05) is 31.5 Å². The molecular weight excluding hydrogens is 254 g/mol. The monoisotopic (exact) mass is 273 g/mol. The molecule has 2 heterocycles. The fourth-order valence-corrected chi connectivity index (χ4v) is 3.10. The first-order valence-corrected chi connectivity index (χ1v) is 7.01. The van der Waals surface area contributed by atoms with E-state index < -0.39 is 0 Å². The van der Waals surface area contributed by atoms with Gasteiger partial charge in [-0.05, 0) is 36.1 Å². The number of carbonyl (C=O) groups excluding carboxylic acids is 2. The van der Waals surface area contributed by atoms with Crippen LogP contribution in [0.15, 0.2) is 24.3 Å². The molecule has 2 amide bonds. The van der Waals surface area contributed by atoms with Gasteiger partial charge in [-0.2, -0.15) is 0 Å². The highest BCUT2D eigenvalue weighted by Gasteiger charge is 2.38. The molecule has 2 N–H and O–H groups in total. The van der Waals surface area contributed by atoms with Crippen molar-refractivity contribution in [3.63, 3.8) is 0 Å². The fraction of sp³-hybridized carbons (Fsp3) is 0.467. The zero-order valence-electron chi connectivity index (χ0n) is 11.6. The van der Waals surface area contributed by atoms with Gasteiger partial charge in [0.05, 0.1) is 0 Å². The summed E-state index contributed by atoms with van der Waals surface area (Å²) in [5, 5.41) is 6.07. The summed E-state index contributed by atoms with van der Waals surface area (Å²) in [6.45, 7) is 5.22. The number of hydrogen-bond acceptors (Lipinski definition) is 3. The van der Waals surface area contributed by atoms with E-state index in [-0.39, 0.29) is 11.8 Å². The van der Waals surface area contributed by atoms with Gasteiger partial charge in [0.15, 0.2) is 0 Å². The molecule has 1 aromatic rings. The summed E-state index contributed by atoms with van der Waals surface area (Å²) >= 11 is 0. The Kier molecular flexibility index (Phi) is 3.44. The molecule has 2 atom stereocenters. The van der Waals surface area contributed by atoms with E-state index in [1.54, 1.807) is 24.3 Å². The number of nitrogens with one attached hydrogen (secondary N) is 2. The van der Waals surface area contributed by atoms with Gasteiger partial charge in [0, 0.05) is 44.4 Å². The number of rotatable bonds is 2.